The van der Waals surface area contributed by atoms with Gasteiger partial charge in [0.05, 0.1) is 10.7 Å². The van der Waals surface area contributed by atoms with Crippen LogP contribution in [0.5, 0.6) is 11.5 Å². The first kappa shape index (κ1) is 15.9. The summed E-state index contributed by atoms with van der Waals surface area (Å²) in [6, 6.07) is 13.5. The van der Waals surface area contributed by atoms with Crippen molar-refractivity contribution < 1.29 is 17.9 Å². The molecule has 0 heterocycles. The van der Waals surface area contributed by atoms with Crippen molar-refractivity contribution in [1.29, 1.82) is 5.41 Å². The lowest BCUT2D eigenvalue weighted by molar-refractivity contribution is -0.137. The second kappa shape index (κ2) is 7.43. The van der Waals surface area contributed by atoms with Crippen LogP contribution in [0.25, 0.3) is 0 Å². The highest BCUT2D eigenvalue weighted by Crippen LogP contribution is 2.32. The van der Waals surface area contributed by atoms with Gasteiger partial charge in [-0.25, -0.2) is 5.41 Å². The molecule has 6 heteroatoms. The zero-order chi connectivity index (χ0) is 15.0. The maximum absolute atomic E-state index is 12.5. The topological polar surface area (TPSA) is 33.1 Å². The molecule has 0 atom stereocenters. The Kier molecular flexibility index (Phi) is 5.90. The number of para-hydroxylation sites is 1. The zero-order valence-corrected chi connectivity index (χ0v) is 11.0. The molecule has 0 spiro atoms. The van der Waals surface area contributed by atoms with Gasteiger partial charge in [0.2, 0.25) is 0 Å². The average Bonchev–Trinajstić information content (AvgIpc) is 2.40. The van der Waals surface area contributed by atoms with Crippen molar-refractivity contribution in [2.75, 3.05) is 0 Å². The monoisotopic (exact) mass is 297 g/mol. The van der Waals surface area contributed by atoms with Gasteiger partial charge in [-0.3, -0.25) is 0 Å². The number of thiocarbonyl (C=S) groups is 1. The van der Waals surface area contributed by atoms with Gasteiger partial charge in [-0.05, 0) is 42.5 Å². The van der Waals surface area contributed by atoms with Crippen LogP contribution in [0.4, 0.5) is 13.2 Å². The highest BCUT2D eigenvalue weighted by molar-refractivity contribution is 7.78. The molecule has 1 N–H and O–H groups in total. The molecular formula is C14H10F3NOS. The maximum Gasteiger partial charge on any atom is 0.416 e. The summed E-state index contributed by atoms with van der Waals surface area (Å²) in [4.78, 5) is 0. The van der Waals surface area contributed by atoms with Crippen LogP contribution in [0.3, 0.4) is 0 Å². The Bertz CT molecular complexity index is 578. The molecule has 2 rings (SSSR count). The van der Waals surface area contributed by atoms with E-state index in [0.717, 1.165) is 12.1 Å². The van der Waals surface area contributed by atoms with Crippen molar-refractivity contribution in [2.24, 2.45) is 0 Å². The second-order valence-corrected chi connectivity index (χ2v) is 3.75. The molecule has 0 saturated carbocycles. The Balaban J connectivity index is 0.000000612. The predicted octanol–water partition coefficient (Wildman–Crippen LogP) is 5.17. The summed E-state index contributed by atoms with van der Waals surface area (Å²) in [6.45, 7) is 0. The summed E-state index contributed by atoms with van der Waals surface area (Å²) in [5.41, 5.74) is -0.717. The quantitative estimate of drug-likeness (QED) is 0.613. The van der Waals surface area contributed by atoms with Crippen molar-refractivity contribution in [3.8, 4) is 11.5 Å². The van der Waals surface area contributed by atoms with Crippen LogP contribution in [0, 0.1) is 5.41 Å². The molecule has 0 amide bonds. The number of hydrogen-bond donors (Lipinski definition) is 1. The number of benzene rings is 2. The molecule has 0 aliphatic heterocycles. The van der Waals surface area contributed by atoms with E-state index < -0.39 is 11.7 Å². The normalized spacial score (nSPS) is 9.95. The van der Waals surface area contributed by atoms with Crippen LogP contribution in [-0.2, 0) is 6.18 Å². The van der Waals surface area contributed by atoms with Gasteiger partial charge < -0.3 is 4.74 Å². The van der Waals surface area contributed by atoms with Gasteiger partial charge in [0.25, 0.3) is 0 Å². The summed E-state index contributed by atoms with van der Waals surface area (Å²) in [7, 11) is 0. The summed E-state index contributed by atoms with van der Waals surface area (Å²) in [5, 5.41) is 7.36. The fraction of sp³-hybridized carbons (Fsp3) is 0.0714. The Hall–Kier alpha value is -2.17. The molecule has 2 nitrogen and oxygen atoms in total. The van der Waals surface area contributed by atoms with Gasteiger partial charge in [-0.2, -0.15) is 13.2 Å². The molecule has 104 valence electrons. The van der Waals surface area contributed by atoms with Crippen molar-refractivity contribution in [3.05, 3.63) is 60.2 Å². The second-order valence-electron chi connectivity index (χ2n) is 3.54. The smallest absolute Gasteiger partial charge is 0.416 e. The van der Waals surface area contributed by atoms with Gasteiger partial charge in [0.1, 0.15) is 11.5 Å². The summed E-state index contributed by atoms with van der Waals surface area (Å²) >= 11 is 3.81. The van der Waals surface area contributed by atoms with Crippen molar-refractivity contribution in [1.82, 2.24) is 0 Å². The first-order valence-corrected chi connectivity index (χ1v) is 5.82. The van der Waals surface area contributed by atoms with Gasteiger partial charge in [-0.1, -0.05) is 24.3 Å². The largest absolute Gasteiger partial charge is 0.457 e. The number of nitrogens with one attached hydrogen (secondary N) is 1. The number of hydrogen-bond acceptors (Lipinski definition) is 3. The zero-order valence-electron chi connectivity index (χ0n) is 10.1. The standard InChI is InChI=1S/C13H9F3O.CHNS/c14-13(15,16)10-5-4-8-12(9-10)17-11-6-2-1-3-7-11;2-1-3/h1-9H;2H. The van der Waals surface area contributed by atoms with E-state index in [1.165, 1.54) is 12.1 Å². The number of halogens is 3. The van der Waals surface area contributed by atoms with E-state index in [-0.39, 0.29) is 5.75 Å². The lowest BCUT2D eigenvalue weighted by Crippen LogP contribution is -2.04. The average molecular weight is 297 g/mol. The molecule has 0 aromatic heterocycles. The van der Waals surface area contributed by atoms with Crippen LogP contribution in [-0.4, -0.2) is 5.16 Å². The summed E-state index contributed by atoms with van der Waals surface area (Å²) < 4.78 is 42.7. The molecule has 2 aromatic rings. The van der Waals surface area contributed by atoms with E-state index >= 15 is 0 Å². The number of ether oxygens (including phenoxy) is 1. The highest BCUT2D eigenvalue weighted by atomic mass is 32.1. The minimum atomic E-state index is -4.35. The number of alkyl halides is 3. The van der Waals surface area contributed by atoms with Crippen LogP contribution < -0.4 is 4.74 Å². The predicted molar refractivity (Wildman–Crippen MR) is 73.3 cm³/mol. The van der Waals surface area contributed by atoms with Crippen LogP contribution in [0.15, 0.2) is 54.6 Å². The molecule has 0 aliphatic rings. The van der Waals surface area contributed by atoms with Gasteiger partial charge in [0, 0.05) is 0 Å². The highest BCUT2D eigenvalue weighted by Gasteiger charge is 2.30. The molecule has 20 heavy (non-hydrogen) atoms. The van der Waals surface area contributed by atoms with Crippen molar-refractivity contribution >= 4 is 17.4 Å². The van der Waals surface area contributed by atoms with E-state index in [1.54, 1.807) is 35.5 Å². The van der Waals surface area contributed by atoms with Crippen LogP contribution >= 0.6 is 12.2 Å². The van der Waals surface area contributed by atoms with Crippen LogP contribution in [0.1, 0.15) is 5.56 Å². The Morgan fingerprint density at radius 3 is 2.05 bits per heavy atom. The minimum absolute atomic E-state index is 0.172. The van der Waals surface area contributed by atoms with Crippen molar-refractivity contribution in [3.63, 3.8) is 0 Å². The van der Waals surface area contributed by atoms with Crippen LogP contribution in [0.2, 0.25) is 0 Å². The fourth-order valence-corrected chi connectivity index (χ4v) is 1.36. The van der Waals surface area contributed by atoms with E-state index in [0.29, 0.717) is 5.75 Å². The molecule has 0 bridgehead atoms. The molecule has 0 radical (unpaired) electrons. The SMILES string of the molecule is FC(F)(F)c1cccc(Oc2ccccc2)c1.N=C=S. The van der Waals surface area contributed by atoms with Gasteiger partial charge in [-0.15, -0.1) is 0 Å². The molecule has 0 unspecified atom stereocenters. The van der Waals surface area contributed by atoms with Gasteiger partial charge >= 0.3 is 6.18 Å². The number of isothiocyanates is 1. The molecule has 0 saturated heterocycles. The van der Waals surface area contributed by atoms with E-state index in [9.17, 15) is 13.2 Å². The third-order valence-electron chi connectivity index (χ3n) is 2.14. The minimum Gasteiger partial charge on any atom is -0.457 e. The van der Waals surface area contributed by atoms with E-state index in [1.807, 2.05) is 0 Å². The first-order chi connectivity index (χ1) is 9.47. The molecular weight excluding hydrogens is 287 g/mol. The third-order valence-corrected chi connectivity index (χ3v) is 2.14. The lowest BCUT2D eigenvalue weighted by Gasteiger charge is -2.09. The Labute approximate surface area is 119 Å². The lowest BCUT2D eigenvalue weighted by atomic mass is 10.2. The van der Waals surface area contributed by atoms with Crippen molar-refractivity contribution in [2.45, 2.75) is 6.18 Å². The first-order valence-electron chi connectivity index (χ1n) is 5.41. The Morgan fingerprint density at radius 2 is 1.50 bits per heavy atom. The van der Waals surface area contributed by atoms with Gasteiger partial charge in [0.15, 0.2) is 0 Å². The molecule has 2 aromatic carbocycles. The third kappa shape index (κ3) is 5.22. The van der Waals surface area contributed by atoms with E-state index in [4.69, 9.17) is 10.1 Å². The fourth-order valence-electron chi connectivity index (χ4n) is 1.36. The summed E-state index contributed by atoms with van der Waals surface area (Å²) in [5.74, 6) is 0.679. The van der Waals surface area contributed by atoms with E-state index in [2.05, 4.69) is 12.2 Å². The number of rotatable bonds is 2. The molecule has 0 fully saturated rings. The summed E-state index contributed by atoms with van der Waals surface area (Å²) in [6.07, 6.45) is -4.35. The molecule has 0 aliphatic carbocycles. The maximum atomic E-state index is 12.5. The Morgan fingerprint density at radius 1 is 0.950 bits per heavy atom.